The quantitative estimate of drug-likeness (QED) is 0.720. The summed E-state index contributed by atoms with van der Waals surface area (Å²) in [6.45, 7) is 2.00. The summed E-state index contributed by atoms with van der Waals surface area (Å²) in [4.78, 5) is 26.3. The Bertz CT molecular complexity index is 757. The minimum Gasteiger partial charge on any atom is -0.395 e. The van der Waals surface area contributed by atoms with Crippen molar-refractivity contribution in [3.63, 3.8) is 0 Å². The topological polar surface area (TPSA) is 81.7 Å². The third kappa shape index (κ3) is 4.15. The number of aliphatic hydroxyl groups is 1. The molecule has 0 aromatic heterocycles. The van der Waals surface area contributed by atoms with E-state index in [-0.39, 0.29) is 31.4 Å². The van der Waals surface area contributed by atoms with Crippen LogP contribution >= 0.6 is 0 Å². The lowest BCUT2D eigenvalue weighted by Gasteiger charge is -2.35. The fourth-order valence-electron chi connectivity index (χ4n) is 3.27. The summed E-state index contributed by atoms with van der Waals surface area (Å²) in [6.07, 6.45) is 0.0938. The van der Waals surface area contributed by atoms with Gasteiger partial charge in [-0.05, 0) is 16.3 Å². The van der Waals surface area contributed by atoms with Crippen LogP contribution in [0.5, 0.6) is 0 Å². The van der Waals surface area contributed by atoms with Crippen molar-refractivity contribution < 1.29 is 14.7 Å². The molecule has 2 amide bonds. The zero-order chi connectivity index (χ0) is 17.6. The molecule has 1 aliphatic heterocycles. The number of fused-ring (bicyclic) bond motifs is 1. The Balaban J connectivity index is 1.78. The molecule has 0 bridgehead atoms. The summed E-state index contributed by atoms with van der Waals surface area (Å²) in [6, 6.07) is 13.8. The van der Waals surface area contributed by atoms with Crippen LogP contribution in [-0.4, -0.2) is 54.1 Å². The molecular formula is C19H23N3O3. The molecule has 0 aliphatic carbocycles. The summed E-state index contributed by atoms with van der Waals surface area (Å²) >= 11 is 0. The fourth-order valence-corrected chi connectivity index (χ4v) is 3.27. The number of nitrogens with zero attached hydrogens (tertiary/aromatic N) is 1. The van der Waals surface area contributed by atoms with Gasteiger partial charge in [-0.15, -0.1) is 0 Å². The SMILES string of the molecule is O=C(C[C@H]1C(=O)NCCN1Cc1cccc2ccccc12)NCCO. The van der Waals surface area contributed by atoms with E-state index in [2.05, 4.69) is 39.8 Å². The van der Waals surface area contributed by atoms with Crippen LogP contribution in [0.25, 0.3) is 10.8 Å². The lowest BCUT2D eigenvalue weighted by Crippen LogP contribution is -2.56. The molecule has 1 fully saturated rings. The van der Waals surface area contributed by atoms with Gasteiger partial charge in [-0.3, -0.25) is 14.5 Å². The van der Waals surface area contributed by atoms with Crippen molar-refractivity contribution in [2.75, 3.05) is 26.2 Å². The number of rotatable bonds is 6. The van der Waals surface area contributed by atoms with Crippen LogP contribution in [0.15, 0.2) is 42.5 Å². The first-order chi connectivity index (χ1) is 12.2. The second-order valence-electron chi connectivity index (χ2n) is 6.19. The molecule has 1 saturated heterocycles. The molecule has 0 spiro atoms. The van der Waals surface area contributed by atoms with Crippen molar-refractivity contribution in [3.05, 3.63) is 48.0 Å². The van der Waals surface area contributed by atoms with Gasteiger partial charge in [-0.2, -0.15) is 0 Å². The highest BCUT2D eigenvalue weighted by Gasteiger charge is 2.31. The maximum atomic E-state index is 12.3. The molecule has 3 rings (SSSR count). The lowest BCUT2D eigenvalue weighted by atomic mass is 10.0. The Labute approximate surface area is 146 Å². The van der Waals surface area contributed by atoms with Crippen molar-refractivity contribution in [2.45, 2.75) is 19.0 Å². The molecule has 1 aliphatic rings. The van der Waals surface area contributed by atoms with Crippen LogP contribution in [0, 0.1) is 0 Å². The number of nitrogens with one attached hydrogen (secondary N) is 2. The Hall–Kier alpha value is -2.44. The smallest absolute Gasteiger partial charge is 0.237 e. The van der Waals surface area contributed by atoms with Crippen LogP contribution in [0.4, 0.5) is 0 Å². The number of hydrogen-bond acceptors (Lipinski definition) is 4. The van der Waals surface area contributed by atoms with Crippen molar-refractivity contribution in [1.29, 1.82) is 0 Å². The minimum absolute atomic E-state index is 0.0938. The third-order valence-corrected chi connectivity index (χ3v) is 4.51. The highest BCUT2D eigenvalue weighted by atomic mass is 16.3. The molecule has 25 heavy (non-hydrogen) atoms. The van der Waals surface area contributed by atoms with Gasteiger partial charge in [-0.25, -0.2) is 0 Å². The van der Waals surface area contributed by atoms with Crippen LogP contribution in [0.1, 0.15) is 12.0 Å². The minimum atomic E-state index is -0.494. The summed E-state index contributed by atoms with van der Waals surface area (Å²) in [5, 5.41) is 16.6. The number of amides is 2. The molecule has 1 heterocycles. The van der Waals surface area contributed by atoms with E-state index < -0.39 is 6.04 Å². The number of hydrogen-bond donors (Lipinski definition) is 3. The highest BCUT2D eigenvalue weighted by Crippen LogP contribution is 2.22. The van der Waals surface area contributed by atoms with Gasteiger partial charge in [0.1, 0.15) is 0 Å². The third-order valence-electron chi connectivity index (χ3n) is 4.51. The predicted molar refractivity (Wildman–Crippen MR) is 95.9 cm³/mol. The van der Waals surface area contributed by atoms with Gasteiger partial charge in [0.2, 0.25) is 11.8 Å². The molecule has 2 aromatic rings. The number of benzene rings is 2. The normalized spacial score (nSPS) is 18.1. The molecule has 0 radical (unpaired) electrons. The number of carbonyl (C=O) groups excluding carboxylic acids is 2. The average Bonchev–Trinajstić information content (AvgIpc) is 2.63. The molecule has 3 N–H and O–H groups in total. The van der Waals surface area contributed by atoms with E-state index in [0.29, 0.717) is 19.6 Å². The molecule has 2 aromatic carbocycles. The van der Waals surface area contributed by atoms with Gasteiger partial charge < -0.3 is 15.7 Å². The molecular weight excluding hydrogens is 318 g/mol. The van der Waals surface area contributed by atoms with Crippen molar-refractivity contribution in [3.8, 4) is 0 Å². The number of carbonyl (C=O) groups is 2. The van der Waals surface area contributed by atoms with Gasteiger partial charge in [0.05, 0.1) is 19.1 Å². The van der Waals surface area contributed by atoms with E-state index in [1.807, 2.05) is 18.2 Å². The van der Waals surface area contributed by atoms with Crippen molar-refractivity contribution >= 4 is 22.6 Å². The first-order valence-corrected chi connectivity index (χ1v) is 8.55. The largest absolute Gasteiger partial charge is 0.395 e. The van der Waals surface area contributed by atoms with Gasteiger partial charge in [0, 0.05) is 26.2 Å². The second kappa shape index (κ2) is 8.09. The van der Waals surface area contributed by atoms with Crippen LogP contribution in [0.2, 0.25) is 0 Å². The molecule has 132 valence electrons. The van der Waals surface area contributed by atoms with E-state index >= 15 is 0 Å². The molecule has 6 nitrogen and oxygen atoms in total. The lowest BCUT2D eigenvalue weighted by molar-refractivity contribution is -0.134. The molecule has 0 saturated carbocycles. The van der Waals surface area contributed by atoms with Gasteiger partial charge >= 0.3 is 0 Å². The van der Waals surface area contributed by atoms with Gasteiger partial charge in [-0.1, -0.05) is 42.5 Å². The van der Waals surface area contributed by atoms with E-state index in [1.54, 1.807) is 0 Å². The Morgan fingerprint density at radius 1 is 1.24 bits per heavy atom. The monoisotopic (exact) mass is 341 g/mol. The van der Waals surface area contributed by atoms with Crippen molar-refractivity contribution in [2.24, 2.45) is 0 Å². The zero-order valence-corrected chi connectivity index (χ0v) is 14.1. The first kappa shape index (κ1) is 17.4. The van der Waals surface area contributed by atoms with E-state index in [4.69, 9.17) is 5.11 Å². The van der Waals surface area contributed by atoms with Crippen LogP contribution < -0.4 is 10.6 Å². The summed E-state index contributed by atoms with van der Waals surface area (Å²) in [5.74, 6) is -0.343. The Morgan fingerprint density at radius 3 is 2.88 bits per heavy atom. The number of piperazine rings is 1. The van der Waals surface area contributed by atoms with Crippen molar-refractivity contribution in [1.82, 2.24) is 15.5 Å². The number of aliphatic hydroxyl groups excluding tert-OH is 1. The predicted octanol–water partition coefficient (Wildman–Crippen LogP) is 0.639. The maximum absolute atomic E-state index is 12.3. The van der Waals surface area contributed by atoms with E-state index in [9.17, 15) is 9.59 Å². The van der Waals surface area contributed by atoms with Gasteiger partial charge in [0.25, 0.3) is 0 Å². The summed E-state index contributed by atoms with van der Waals surface area (Å²) in [7, 11) is 0. The fraction of sp³-hybridized carbons (Fsp3) is 0.368. The first-order valence-electron chi connectivity index (χ1n) is 8.55. The molecule has 1 atom stereocenters. The Kier molecular flexibility index (Phi) is 5.63. The second-order valence-corrected chi connectivity index (χ2v) is 6.19. The molecule has 6 heteroatoms. The van der Waals surface area contributed by atoms with E-state index in [0.717, 1.165) is 5.56 Å². The van der Waals surface area contributed by atoms with Crippen LogP contribution in [-0.2, 0) is 16.1 Å². The summed E-state index contributed by atoms with van der Waals surface area (Å²) < 4.78 is 0. The molecule has 0 unspecified atom stereocenters. The maximum Gasteiger partial charge on any atom is 0.237 e. The summed E-state index contributed by atoms with van der Waals surface area (Å²) in [5.41, 5.74) is 1.15. The van der Waals surface area contributed by atoms with Crippen LogP contribution in [0.3, 0.4) is 0 Å². The Morgan fingerprint density at radius 2 is 2.04 bits per heavy atom. The van der Waals surface area contributed by atoms with E-state index in [1.165, 1.54) is 10.8 Å². The average molecular weight is 341 g/mol. The standard InChI is InChI=1S/C19H23N3O3/c23-11-9-20-18(24)12-17-19(25)21-8-10-22(17)13-15-6-3-5-14-4-1-2-7-16(14)15/h1-7,17,23H,8-13H2,(H,20,24)(H,21,25)/t17-/m0/s1. The van der Waals surface area contributed by atoms with Gasteiger partial charge in [0.15, 0.2) is 0 Å². The highest BCUT2D eigenvalue weighted by molar-refractivity contribution is 5.89. The zero-order valence-electron chi connectivity index (χ0n) is 14.1.